The number of guanidine groups is 1. The average molecular weight is 341 g/mol. The lowest BCUT2D eigenvalue weighted by Gasteiger charge is -2.34. The minimum Gasteiger partial charge on any atom is -0.352 e. The number of piperidine rings is 1. The number of aliphatic imine (C=N–C) groups is 1. The molecule has 0 spiro atoms. The molecule has 2 heterocycles. The van der Waals surface area contributed by atoms with E-state index in [-0.39, 0.29) is 0 Å². The van der Waals surface area contributed by atoms with E-state index in [4.69, 9.17) is 0 Å². The minimum absolute atomic E-state index is 0.406. The van der Waals surface area contributed by atoms with Gasteiger partial charge < -0.3 is 10.6 Å². The van der Waals surface area contributed by atoms with Crippen molar-refractivity contribution in [2.75, 3.05) is 20.1 Å². The summed E-state index contributed by atoms with van der Waals surface area (Å²) in [5, 5.41) is 10.9. The molecule has 1 aromatic carbocycles. The summed E-state index contributed by atoms with van der Waals surface area (Å²) in [6, 6.07) is 11.1. The van der Waals surface area contributed by atoms with Crippen LogP contribution in [0.2, 0.25) is 0 Å². The van der Waals surface area contributed by atoms with Crippen molar-refractivity contribution in [2.45, 2.75) is 32.0 Å². The highest BCUT2D eigenvalue weighted by molar-refractivity contribution is 5.79. The molecule has 0 bridgehead atoms. The van der Waals surface area contributed by atoms with Crippen LogP contribution >= 0.6 is 0 Å². The highest BCUT2D eigenvalue weighted by Gasteiger charge is 2.20. The molecular formula is C18H27N7. The zero-order valence-corrected chi connectivity index (χ0v) is 15.0. The molecule has 0 aliphatic carbocycles. The minimum atomic E-state index is 0.406. The van der Waals surface area contributed by atoms with Crippen molar-refractivity contribution in [3.63, 3.8) is 0 Å². The van der Waals surface area contributed by atoms with Crippen molar-refractivity contribution in [3.8, 4) is 0 Å². The summed E-state index contributed by atoms with van der Waals surface area (Å²) >= 11 is 0. The van der Waals surface area contributed by atoms with E-state index in [1.54, 1.807) is 18.1 Å². The lowest BCUT2D eigenvalue weighted by atomic mass is 10.0. The normalized spacial score (nSPS) is 19.0. The van der Waals surface area contributed by atoms with Crippen LogP contribution in [0.15, 0.2) is 41.7 Å². The molecular weight excluding hydrogens is 314 g/mol. The summed E-state index contributed by atoms with van der Waals surface area (Å²) in [4.78, 5) is 11.1. The Bertz CT molecular complexity index is 680. The van der Waals surface area contributed by atoms with Gasteiger partial charge >= 0.3 is 0 Å². The summed E-state index contributed by atoms with van der Waals surface area (Å²) in [6.45, 7) is 3.79. The number of aromatic nitrogens is 3. The summed E-state index contributed by atoms with van der Waals surface area (Å²) < 4.78 is 1.77. The van der Waals surface area contributed by atoms with E-state index >= 15 is 0 Å². The Kier molecular flexibility index (Phi) is 6.00. The van der Waals surface area contributed by atoms with Gasteiger partial charge in [-0.1, -0.05) is 30.3 Å². The van der Waals surface area contributed by atoms with E-state index in [0.29, 0.717) is 12.6 Å². The third-order valence-electron chi connectivity index (χ3n) is 4.54. The fourth-order valence-corrected chi connectivity index (χ4v) is 3.19. The molecule has 2 aromatic rings. The van der Waals surface area contributed by atoms with Crippen LogP contribution in [0.25, 0.3) is 0 Å². The molecule has 25 heavy (non-hydrogen) atoms. The topological polar surface area (TPSA) is 70.4 Å². The van der Waals surface area contributed by atoms with Crippen molar-refractivity contribution in [3.05, 3.63) is 48.0 Å². The second kappa shape index (κ2) is 8.62. The van der Waals surface area contributed by atoms with E-state index in [0.717, 1.165) is 37.8 Å². The number of hydrogen-bond donors (Lipinski definition) is 2. The van der Waals surface area contributed by atoms with Crippen LogP contribution in [0, 0.1) is 0 Å². The summed E-state index contributed by atoms with van der Waals surface area (Å²) in [7, 11) is 3.69. The molecule has 1 unspecified atom stereocenters. The maximum atomic E-state index is 4.34. The molecule has 134 valence electrons. The van der Waals surface area contributed by atoms with Crippen LogP contribution < -0.4 is 10.6 Å². The van der Waals surface area contributed by atoms with Gasteiger partial charge in [0.25, 0.3) is 0 Å². The number of nitrogens with one attached hydrogen (secondary N) is 2. The molecule has 0 radical (unpaired) electrons. The van der Waals surface area contributed by atoms with Crippen molar-refractivity contribution in [1.82, 2.24) is 30.3 Å². The Morgan fingerprint density at radius 3 is 2.88 bits per heavy atom. The van der Waals surface area contributed by atoms with Gasteiger partial charge in [0.05, 0.1) is 6.54 Å². The van der Waals surface area contributed by atoms with E-state index in [1.807, 2.05) is 7.05 Å². The number of rotatable bonds is 5. The molecule has 0 saturated carbocycles. The van der Waals surface area contributed by atoms with E-state index in [1.165, 1.54) is 12.0 Å². The second-order valence-electron chi connectivity index (χ2n) is 6.43. The van der Waals surface area contributed by atoms with Gasteiger partial charge in [-0.2, -0.15) is 5.10 Å². The van der Waals surface area contributed by atoms with Crippen LogP contribution in [0.3, 0.4) is 0 Å². The lowest BCUT2D eigenvalue weighted by molar-refractivity contribution is 0.192. The van der Waals surface area contributed by atoms with E-state index in [9.17, 15) is 0 Å². The monoisotopic (exact) mass is 341 g/mol. The molecule has 1 aliphatic heterocycles. The Morgan fingerprint density at radius 2 is 2.16 bits per heavy atom. The Balaban J connectivity index is 1.49. The Labute approximate surface area is 149 Å². The molecule has 1 aliphatic rings. The lowest BCUT2D eigenvalue weighted by Crippen LogP contribution is -2.50. The zero-order chi connectivity index (χ0) is 17.5. The molecule has 3 rings (SSSR count). The van der Waals surface area contributed by atoms with Gasteiger partial charge in [0.1, 0.15) is 12.2 Å². The smallest absolute Gasteiger partial charge is 0.191 e. The third-order valence-corrected chi connectivity index (χ3v) is 4.54. The number of aryl methyl sites for hydroxylation is 1. The SMILES string of the molecule is CN=C(NCc1ncnn1C)NC1CCCN(Cc2ccccc2)C1. The zero-order valence-electron chi connectivity index (χ0n) is 15.0. The Morgan fingerprint density at radius 1 is 1.32 bits per heavy atom. The van der Waals surface area contributed by atoms with Gasteiger partial charge in [0.2, 0.25) is 0 Å². The predicted molar refractivity (Wildman–Crippen MR) is 99.1 cm³/mol. The van der Waals surface area contributed by atoms with Gasteiger partial charge in [0, 0.05) is 33.2 Å². The molecule has 1 aromatic heterocycles. The van der Waals surface area contributed by atoms with Crippen LogP contribution in [-0.4, -0.2) is 51.8 Å². The molecule has 0 amide bonds. The summed E-state index contributed by atoms with van der Waals surface area (Å²) in [6.07, 6.45) is 3.93. The first-order valence-electron chi connectivity index (χ1n) is 8.81. The quantitative estimate of drug-likeness (QED) is 0.630. The van der Waals surface area contributed by atoms with Gasteiger partial charge in [-0.15, -0.1) is 0 Å². The molecule has 1 fully saturated rings. The first-order valence-corrected chi connectivity index (χ1v) is 8.81. The highest BCUT2D eigenvalue weighted by atomic mass is 15.3. The predicted octanol–water partition coefficient (Wildman–Crippen LogP) is 1.14. The average Bonchev–Trinajstić information content (AvgIpc) is 3.05. The maximum Gasteiger partial charge on any atom is 0.191 e. The van der Waals surface area contributed by atoms with Gasteiger partial charge in [-0.05, 0) is 24.9 Å². The van der Waals surface area contributed by atoms with Crippen LogP contribution in [0.5, 0.6) is 0 Å². The number of benzene rings is 1. The molecule has 7 heteroatoms. The van der Waals surface area contributed by atoms with Crippen LogP contribution in [-0.2, 0) is 20.1 Å². The number of likely N-dealkylation sites (tertiary alicyclic amines) is 1. The summed E-state index contributed by atoms with van der Waals surface area (Å²) in [5.41, 5.74) is 1.37. The first-order chi connectivity index (χ1) is 12.2. The largest absolute Gasteiger partial charge is 0.352 e. The Hall–Kier alpha value is -2.41. The molecule has 1 saturated heterocycles. The van der Waals surface area contributed by atoms with Crippen molar-refractivity contribution < 1.29 is 0 Å². The van der Waals surface area contributed by atoms with Crippen molar-refractivity contribution >= 4 is 5.96 Å². The molecule has 2 N–H and O–H groups in total. The second-order valence-corrected chi connectivity index (χ2v) is 6.43. The van der Waals surface area contributed by atoms with Gasteiger partial charge in [-0.3, -0.25) is 14.6 Å². The van der Waals surface area contributed by atoms with Gasteiger partial charge in [0.15, 0.2) is 5.96 Å². The fourth-order valence-electron chi connectivity index (χ4n) is 3.19. The van der Waals surface area contributed by atoms with E-state index < -0.39 is 0 Å². The number of hydrogen-bond acceptors (Lipinski definition) is 4. The van der Waals surface area contributed by atoms with Crippen molar-refractivity contribution in [1.29, 1.82) is 0 Å². The van der Waals surface area contributed by atoms with Crippen LogP contribution in [0.1, 0.15) is 24.2 Å². The van der Waals surface area contributed by atoms with Gasteiger partial charge in [-0.25, -0.2) is 4.98 Å². The van der Waals surface area contributed by atoms with Crippen LogP contribution in [0.4, 0.5) is 0 Å². The van der Waals surface area contributed by atoms with Crippen molar-refractivity contribution in [2.24, 2.45) is 12.0 Å². The molecule has 7 nitrogen and oxygen atoms in total. The standard InChI is InChI=1S/C18H27N7/c1-19-18(20-11-17-21-14-22-24(17)2)23-16-9-6-10-25(13-16)12-15-7-4-3-5-8-15/h3-5,7-8,14,16H,6,9-13H2,1-2H3,(H2,19,20,23). The fraction of sp³-hybridized carbons (Fsp3) is 0.500. The summed E-state index contributed by atoms with van der Waals surface area (Å²) in [5.74, 6) is 1.70. The molecule has 1 atom stereocenters. The maximum absolute atomic E-state index is 4.34. The number of nitrogens with zero attached hydrogens (tertiary/aromatic N) is 5. The van der Waals surface area contributed by atoms with E-state index in [2.05, 4.69) is 60.9 Å². The highest BCUT2D eigenvalue weighted by Crippen LogP contribution is 2.13. The third kappa shape index (κ3) is 5.03. The first kappa shape index (κ1) is 17.4.